The fraction of sp³-hybridized carbons (Fsp3) is 0.278. The van der Waals surface area contributed by atoms with Gasteiger partial charge in [0.25, 0.3) is 5.91 Å². The minimum Gasteiger partial charge on any atom is -0.444 e. The van der Waals surface area contributed by atoms with Gasteiger partial charge in [0.15, 0.2) is 0 Å². The molecule has 3 N–H and O–H groups in total. The van der Waals surface area contributed by atoms with Gasteiger partial charge in [0, 0.05) is 24.3 Å². The molecular weight excluding hydrogens is 334 g/mol. The molecule has 0 bridgehead atoms. The van der Waals surface area contributed by atoms with E-state index in [2.05, 4.69) is 10.4 Å². The summed E-state index contributed by atoms with van der Waals surface area (Å²) in [5.74, 6) is -0.328. The van der Waals surface area contributed by atoms with Gasteiger partial charge in [-0.05, 0) is 45.0 Å². The van der Waals surface area contributed by atoms with E-state index in [1.165, 1.54) is 4.68 Å². The number of carbonyl (C=O) groups is 2. The summed E-state index contributed by atoms with van der Waals surface area (Å²) in [5.41, 5.74) is 7.20. The summed E-state index contributed by atoms with van der Waals surface area (Å²) in [7, 11) is 1.72. The van der Waals surface area contributed by atoms with Crippen LogP contribution in [0.25, 0.3) is 10.9 Å². The zero-order chi connectivity index (χ0) is 19.1. The first-order valence-corrected chi connectivity index (χ1v) is 8.08. The van der Waals surface area contributed by atoms with Crippen LogP contribution in [0.1, 0.15) is 31.3 Å². The molecule has 1 aromatic carbocycles. The number of hydrogen-bond acceptors (Lipinski definition) is 5. The van der Waals surface area contributed by atoms with Gasteiger partial charge in [0.2, 0.25) is 0 Å². The Kier molecular flexibility index (Phi) is 4.19. The summed E-state index contributed by atoms with van der Waals surface area (Å²) in [6.45, 7) is 5.34. The number of amides is 1. The molecule has 2 aromatic heterocycles. The second-order valence-electron chi connectivity index (χ2n) is 7.03. The lowest BCUT2D eigenvalue weighted by Gasteiger charge is -2.19. The van der Waals surface area contributed by atoms with Gasteiger partial charge in [0.05, 0.1) is 17.4 Å². The molecule has 0 aliphatic rings. The largest absolute Gasteiger partial charge is 0.444 e. The normalized spacial score (nSPS) is 11.5. The minimum absolute atomic E-state index is 0.328. The van der Waals surface area contributed by atoms with E-state index in [4.69, 9.17) is 10.5 Å². The zero-order valence-electron chi connectivity index (χ0n) is 15.1. The van der Waals surface area contributed by atoms with Gasteiger partial charge < -0.3 is 15.0 Å². The number of nitrogens with one attached hydrogen (secondary N) is 1. The smallest absolute Gasteiger partial charge is 0.412 e. The third-order valence-corrected chi connectivity index (χ3v) is 3.66. The van der Waals surface area contributed by atoms with Crippen molar-refractivity contribution in [2.24, 2.45) is 7.05 Å². The highest BCUT2D eigenvalue weighted by Crippen LogP contribution is 2.20. The van der Waals surface area contributed by atoms with Crippen molar-refractivity contribution in [2.75, 3.05) is 11.1 Å². The molecule has 0 spiro atoms. The molecule has 8 heteroatoms. The van der Waals surface area contributed by atoms with Crippen molar-refractivity contribution in [2.45, 2.75) is 26.4 Å². The lowest BCUT2D eigenvalue weighted by atomic mass is 10.2. The van der Waals surface area contributed by atoms with E-state index in [0.717, 1.165) is 5.39 Å². The van der Waals surface area contributed by atoms with Crippen molar-refractivity contribution in [3.8, 4) is 0 Å². The minimum atomic E-state index is -0.606. The quantitative estimate of drug-likeness (QED) is 0.688. The lowest BCUT2D eigenvalue weighted by molar-refractivity contribution is 0.0635. The van der Waals surface area contributed by atoms with E-state index in [9.17, 15) is 9.59 Å². The molecule has 0 unspecified atom stereocenters. The van der Waals surface area contributed by atoms with E-state index >= 15 is 0 Å². The molecule has 0 atom stereocenters. The summed E-state index contributed by atoms with van der Waals surface area (Å²) in [6.07, 6.45) is 2.66. The number of nitrogens with two attached hydrogens (primary N) is 1. The van der Waals surface area contributed by atoms with Crippen LogP contribution in [0, 0.1) is 0 Å². The van der Waals surface area contributed by atoms with Crippen molar-refractivity contribution in [3.63, 3.8) is 0 Å². The molecule has 26 heavy (non-hydrogen) atoms. The van der Waals surface area contributed by atoms with Gasteiger partial charge in [-0.3, -0.25) is 10.1 Å². The molecule has 8 nitrogen and oxygen atoms in total. The molecule has 0 aliphatic heterocycles. The van der Waals surface area contributed by atoms with Crippen molar-refractivity contribution in [1.82, 2.24) is 14.3 Å². The number of aryl methyl sites for hydroxylation is 1. The van der Waals surface area contributed by atoms with Crippen LogP contribution in [0.15, 0.2) is 36.7 Å². The maximum Gasteiger partial charge on any atom is 0.412 e. The number of nitrogens with zero attached hydrogens (tertiary/aromatic N) is 3. The lowest BCUT2D eigenvalue weighted by Crippen LogP contribution is -2.27. The number of ether oxygens (including phenoxy) is 1. The zero-order valence-corrected chi connectivity index (χ0v) is 15.1. The molecule has 0 radical (unpaired) electrons. The van der Waals surface area contributed by atoms with Crippen molar-refractivity contribution >= 4 is 34.3 Å². The van der Waals surface area contributed by atoms with E-state index in [0.29, 0.717) is 22.6 Å². The van der Waals surface area contributed by atoms with Gasteiger partial charge in [-0.15, -0.1) is 0 Å². The van der Waals surface area contributed by atoms with Gasteiger partial charge in [-0.25, -0.2) is 4.79 Å². The molecule has 3 rings (SSSR count). The Labute approximate surface area is 150 Å². The van der Waals surface area contributed by atoms with E-state index in [1.807, 2.05) is 6.07 Å². The number of fused-ring (bicyclic) bond motifs is 1. The summed E-state index contributed by atoms with van der Waals surface area (Å²) in [4.78, 5) is 24.8. The summed E-state index contributed by atoms with van der Waals surface area (Å²) in [5, 5.41) is 7.59. The fourth-order valence-corrected chi connectivity index (χ4v) is 2.57. The van der Waals surface area contributed by atoms with Gasteiger partial charge >= 0.3 is 6.09 Å². The maximum absolute atomic E-state index is 12.9. The van der Waals surface area contributed by atoms with Crippen molar-refractivity contribution < 1.29 is 14.3 Å². The highest BCUT2D eigenvalue weighted by molar-refractivity contribution is 6.01. The number of hydrogen-bond donors (Lipinski definition) is 2. The monoisotopic (exact) mass is 355 g/mol. The van der Waals surface area contributed by atoms with Crippen molar-refractivity contribution in [3.05, 3.63) is 42.4 Å². The third-order valence-electron chi connectivity index (χ3n) is 3.66. The van der Waals surface area contributed by atoms with Crippen LogP contribution < -0.4 is 11.1 Å². The first-order valence-electron chi connectivity index (χ1n) is 8.08. The van der Waals surface area contributed by atoms with Crippen LogP contribution in [0.2, 0.25) is 0 Å². The molecule has 136 valence electrons. The Hall–Kier alpha value is -3.29. The van der Waals surface area contributed by atoms with E-state index < -0.39 is 11.7 Å². The first-order chi connectivity index (χ1) is 12.1. The van der Waals surface area contributed by atoms with E-state index in [-0.39, 0.29) is 5.91 Å². The van der Waals surface area contributed by atoms with Crippen LogP contribution in [0.3, 0.4) is 0 Å². The van der Waals surface area contributed by atoms with Crippen LogP contribution in [0.4, 0.5) is 16.2 Å². The number of benzene rings is 1. The van der Waals surface area contributed by atoms with E-state index in [1.54, 1.807) is 63.0 Å². The fourth-order valence-electron chi connectivity index (χ4n) is 2.57. The molecule has 0 saturated carbocycles. The van der Waals surface area contributed by atoms with Crippen LogP contribution in [0.5, 0.6) is 0 Å². The second-order valence-corrected chi connectivity index (χ2v) is 7.03. The highest BCUT2D eigenvalue weighted by Gasteiger charge is 2.20. The molecule has 0 saturated heterocycles. The average Bonchev–Trinajstić information content (AvgIpc) is 3.07. The Morgan fingerprint density at radius 2 is 1.96 bits per heavy atom. The summed E-state index contributed by atoms with van der Waals surface area (Å²) >= 11 is 0. The predicted molar refractivity (Wildman–Crippen MR) is 99.1 cm³/mol. The summed E-state index contributed by atoms with van der Waals surface area (Å²) in [6, 6.07) is 6.83. The first kappa shape index (κ1) is 17.5. The second kappa shape index (κ2) is 6.21. The number of rotatable bonds is 2. The third kappa shape index (κ3) is 3.53. The predicted octanol–water partition coefficient (Wildman–Crippen LogP) is 2.99. The SMILES string of the molecule is Cn1cc(NC(=O)OC(C)(C)C)cc1C(=O)n1ncc2ccc(N)cc21. The van der Waals surface area contributed by atoms with Crippen LogP contribution >= 0.6 is 0 Å². The molecule has 2 heterocycles. The molecule has 3 aromatic rings. The number of carbonyl (C=O) groups excluding carboxylic acids is 2. The molecular formula is C18H21N5O3. The Balaban J connectivity index is 1.87. The van der Waals surface area contributed by atoms with Gasteiger partial charge in [-0.2, -0.15) is 9.78 Å². The van der Waals surface area contributed by atoms with Crippen LogP contribution in [-0.2, 0) is 11.8 Å². The Morgan fingerprint density at radius 1 is 1.23 bits per heavy atom. The van der Waals surface area contributed by atoms with Gasteiger partial charge in [0.1, 0.15) is 11.3 Å². The Morgan fingerprint density at radius 3 is 2.65 bits per heavy atom. The number of nitrogen functional groups attached to an aromatic ring is 1. The number of aromatic nitrogens is 3. The topological polar surface area (TPSA) is 104 Å². The van der Waals surface area contributed by atoms with Crippen molar-refractivity contribution in [1.29, 1.82) is 0 Å². The summed E-state index contributed by atoms with van der Waals surface area (Å²) < 4.78 is 8.13. The average molecular weight is 355 g/mol. The molecule has 0 aliphatic carbocycles. The molecule has 0 fully saturated rings. The standard InChI is InChI=1S/C18H21N5O3/c1-18(2,3)26-17(25)21-13-8-15(22(4)10-13)16(24)23-14-7-12(19)6-5-11(14)9-20-23/h5-10H,19H2,1-4H3,(H,21,25). The van der Waals surface area contributed by atoms with Crippen LogP contribution in [-0.4, -0.2) is 31.9 Å². The maximum atomic E-state index is 12.9. The Bertz CT molecular complexity index is 994. The molecule has 1 amide bonds. The highest BCUT2D eigenvalue weighted by atomic mass is 16.6. The van der Waals surface area contributed by atoms with Gasteiger partial charge in [-0.1, -0.05) is 0 Å². The number of anilines is 2.